The van der Waals surface area contributed by atoms with Crippen LogP contribution in [0.1, 0.15) is 64.2 Å². The number of unbranched alkanes of at least 4 members (excludes halogenated alkanes) is 4. The summed E-state index contributed by atoms with van der Waals surface area (Å²) in [7, 11) is 0. The number of hydrogen-bond donors (Lipinski definition) is 2. The normalized spacial score (nSPS) is 13.1. The molecule has 1 saturated heterocycles. The maximum Gasteiger partial charge on any atom is 0.333 e. The molecule has 1 fully saturated rings. The van der Waals surface area contributed by atoms with E-state index in [1.807, 2.05) is 0 Å². The SMILES string of the molecule is [CH2-]CN(C[CH2-])CCN(CCN(C[CH2-])C[CH2-])CC(=O)NCCCCCC(=O)NCCCCCC(=O)ON1C(=O)CCC1=O.[Gd]. The van der Waals surface area contributed by atoms with Crippen LogP contribution in [0.4, 0.5) is 0 Å². The van der Waals surface area contributed by atoms with Crippen LogP contribution in [-0.2, 0) is 28.8 Å². The Balaban J connectivity index is 0.0000176. The first kappa shape index (κ1) is 41.8. The van der Waals surface area contributed by atoms with Crippen LogP contribution in [-0.4, -0.2) is 121 Å². The molecule has 0 aromatic heterocycles. The van der Waals surface area contributed by atoms with Gasteiger partial charge in [0, 0.05) is 105 Å². The van der Waals surface area contributed by atoms with Gasteiger partial charge in [-0.3, -0.25) is 24.1 Å². The fourth-order valence-electron chi connectivity index (χ4n) is 4.27. The van der Waals surface area contributed by atoms with Gasteiger partial charge < -0.3 is 53.0 Å². The second kappa shape index (κ2) is 26.0. The van der Waals surface area contributed by atoms with Crippen LogP contribution in [0.3, 0.4) is 0 Å². The summed E-state index contributed by atoms with van der Waals surface area (Å²) in [6, 6.07) is 0. The molecule has 0 spiro atoms. The van der Waals surface area contributed by atoms with Crippen molar-refractivity contribution in [3.05, 3.63) is 27.7 Å². The van der Waals surface area contributed by atoms with Gasteiger partial charge >= 0.3 is 5.97 Å². The number of nitrogens with one attached hydrogen (secondary N) is 2. The summed E-state index contributed by atoms with van der Waals surface area (Å²) in [4.78, 5) is 70.5. The number of amides is 4. The molecule has 1 aliphatic rings. The first-order chi connectivity index (χ1) is 20.2. The molecule has 43 heavy (non-hydrogen) atoms. The van der Waals surface area contributed by atoms with Gasteiger partial charge in [0.05, 0.1) is 6.54 Å². The van der Waals surface area contributed by atoms with Gasteiger partial charge in [0.1, 0.15) is 0 Å². The van der Waals surface area contributed by atoms with Crippen LogP contribution >= 0.6 is 0 Å². The van der Waals surface area contributed by atoms with E-state index in [1.54, 1.807) is 0 Å². The van der Waals surface area contributed by atoms with Gasteiger partial charge in [-0.25, -0.2) is 4.79 Å². The summed E-state index contributed by atoms with van der Waals surface area (Å²) in [5.41, 5.74) is 0. The number of imide groups is 1. The molecule has 0 aliphatic carbocycles. The molecule has 13 heteroatoms. The third-order valence-electron chi connectivity index (χ3n) is 7.08. The van der Waals surface area contributed by atoms with E-state index < -0.39 is 17.8 Å². The van der Waals surface area contributed by atoms with Crippen LogP contribution in [0.25, 0.3) is 0 Å². The molecule has 1 aliphatic heterocycles. The topological polar surface area (TPSA) is 132 Å². The van der Waals surface area contributed by atoms with Crippen LogP contribution in [0.2, 0.25) is 0 Å². The fraction of sp³-hybridized carbons (Fsp3) is 0.700. The monoisotopic (exact) mass is 750 g/mol. The van der Waals surface area contributed by atoms with E-state index in [-0.39, 0.29) is 71.0 Å². The third-order valence-corrected chi connectivity index (χ3v) is 7.08. The van der Waals surface area contributed by atoms with E-state index in [4.69, 9.17) is 4.84 Å². The van der Waals surface area contributed by atoms with Crippen LogP contribution in [0.15, 0.2) is 0 Å². The van der Waals surface area contributed by atoms with Crippen molar-refractivity contribution in [1.82, 2.24) is 30.4 Å². The van der Waals surface area contributed by atoms with Crippen molar-refractivity contribution in [1.29, 1.82) is 0 Å². The first-order valence-electron chi connectivity index (χ1n) is 15.2. The maximum atomic E-state index is 12.5. The molecule has 2 N–H and O–H groups in total. The standard InChI is InChI=1S/C30H52N6O6.Gd/c1-5-33(6-2)21-23-35(24-22-34(7-3)8-4)25-27(38)32-20-13-9-11-15-26(37)31-19-14-10-12-16-30(41)42-36-28(39)17-18-29(36)40;/h1-25H2,(H,31,37)(H,32,38);/q-4;. The minimum Gasteiger partial charge on any atom is -0.361 e. The zero-order valence-electron chi connectivity index (χ0n) is 25.8. The van der Waals surface area contributed by atoms with Crippen molar-refractivity contribution in [2.45, 2.75) is 64.2 Å². The second-order valence-electron chi connectivity index (χ2n) is 10.3. The molecule has 0 bridgehead atoms. The zero-order chi connectivity index (χ0) is 31.2. The molecule has 0 saturated carbocycles. The van der Waals surface area contributed by atoms with Gasteiger partial charge in [0.2, 0.25) is 11.8 Å². The smallest absolute Gasteiger partial charge is 0.333 e. The van der Waals surface area contributed by atoms with Crippen molar-refractivity contribution in [2.24, 2.45) is 0 Å². The Morgan fingerprint density at radius 2 is 1.09 bits per heavy atom. The second-order valence-corrected chi connectivity index (χ2v) is 10.3. The number of rotatable bonds is 25. The van der Waals surface area contributed by atoms with Gasteiger partial charge in [-0.05, 0) is 25.7 Å². The summed E-state index contributed by atoms with van der Waals surface area (Å²) < 4.78 is 0. The Labute approximate surface area is 291 Å². The molecule has 12 nitrogen and oxygen atoms in total. The summed E-state index contributed by atoms with van der Waals surface area (Å²) in [6.07, 6.45) is 5.04. The van der Waals surface area contributed by atoms with E-state index in [9.17, 15) is 24.0 Å². The zero-order valence-corrected chi connectivity index (χ0v) is 28.0. The number of hydroxylamine groups is 2. The molecule has 0 aromatic rings. The van der Waals surface area contributed by atoms with Crippen molar-refractivity contribution in [3.8, 4) is 0 Å². The summed E-state index contributed by atoms with van der Waals surface area (Å²) >= 11 is 0. The van der Waals surface area contributed by atoms with Crippen LogP contribution < -0.4 is 10.6 Å². The van der Waals surface area contributed by atoms with E-state index in [2.05, 4.69) is 53.0 Å². The van der Waals surface area contributed by atoms with Crippen LogP contribution in [0, 0.1) is 67.6 Å². The van der Waals surface area contributed by atoms with E-state index >= 15 is 0 Å². The Kier molecular flexibility index (Phi) is 25.3. The summed E-state index contributed by atoms with van der Waals surface area (Å²) in [5.74, 6) is -1.60. The van der Waals surface area contributed by atoms with E-state index in [1.165, 1.54) is 0 Å². The molecule has 250 valence electrons. The van der Waals surface area contributed by atoms with E-state index in [0.717, 1.165) is 51.9 Å². The van der Waals surface area contributed by atoms with Crippen LogP contribution in [0.5, 0.6) is 0 Å². The molecule has 0 atom stereocenters. The predicted octanol–water partition coefficient (Wildman–Crippen LogP) is 1.19. The maximum absolute atomic E-state index is 12.5. The summed E-state index contributed by atoms with van der Waals surface area (Å²) in [6.45, 7) is 23.0. The Hall–Kier alpha value is -1.25. The molecule has 1 rings (SSSR count). The minimum atomic E-state index is -0.604. The van der Waals surface area contributed by atoms with E-state index in [0.29, 0.717) is 70.1 Å². The quantitative estimate of drug-likeness (QED) is 0.0804. The Bertz CT molecular complexity index is 793. The van der Waals surface area contributed by atoms with Crippen molar-refractivity contribution in [3.63, 3.8) is 0 Å². The predicted molar refractivity (Wildman–Crippen MR) is 161 cm³/mol. The van der Waals surface area contributed by atoms with Gasteiger partial charge in [-0.15, -0.1) is 31.2 Å². The first-order valence-corrected chi connectivity index (χ1v) is 15.2. The van der Waals surface area contributed by atoms with Crippen molar-refractivity contribution >= 4 is 29.6 Å². The number of nitrogens with zero attached hydrogens (tertiary/aromatic N) is 4. The third kappa shape index (κ3) is 19.7. The molecular formula is C30H52GdN6O6-4. The number of hydrogen-bond acceptors (Lipinski definition) is 9. The van der Waals surface area contributed by atoms with Gasteiger partial charge in [0.15, 0.2) is 0 Å². The average Bonchev–Trinajstić information content (AvgIpc) is 3.29. The molecular weight excluding hydrogens is 698 g/mol. The fourth-order valence-corrected chi connectivity index (χ4v) is 4.27. The Morgan fingerprint density at radius 3 is 1.58 bits per heavy atom. The molecule has 4 amide bonds. The van der Waals surface area contributed by atoms with Crippen molar-refractivity contribution in [2.75, 3.05) is 72.0 Å². The van der Waals surface area contributed by atoms with Gasteiger partial charge in [-0.2, -0.15) is 0 Å². The molecule has 0 unspecified atom stereocenters. The largest absolute Gasteiger partial charge is 0.361 e. The minimum absolute atomic E-state index is 0. The van der Waals surface area contributed by atoms with Gasteiger partial charge in [-0.1, -0.05) is 12.8 Å². The number of carbonyl (C=O) groups is 5. The summed E-state index contributed by atoms with van der Waals surface area (Å²) in [5, 5.41) is 6.43. The van der Waals surface area contributed by atoms with Gasteiger partial charge in [0.25, 0.3) is 11.8 Å². The number of carbonyl (C=O) groups excluding carboxylic acids is 5. The van der Waals surface area contributed by atoms with Crippen molar-refractivity contribution < 1.29 is 68.8 Å². The Morgan fingerprint density at radius 1 is 0.651 bits per heavy atom. The molecule has 0 radical (unpaired) electrons. The average molecular weight is 750 g/mol. The molecule has 1 heterocycles. The molecule has 0 aromatic carbocycles.